The molecule has 0 spiro atoms. The lowest BCUT2D eigenvalue weighted by molar-refractivity contribution is -0.0373. The van der Waals surface area contributed by atoms with Gasteiger partial charge in [-0.1, -0.05) is 11.6 Å². The van der Waals surface area contributed by atoms with Gasteiger partial charge < -0.3 is 11.1 Å². The maximum absolute atomic E-state index is 13.2. The van der Waals surface area contributed by atoms with Gasteiger partial charge in [0.15, 0.2) is 11.0 Å². The molecule has 0 aliphatic heterocycles. The molecule has 0 amide bonds. The van der Waals surface area contributed by atoms with E-state index in [1.54, 1.807) is 0 Å². The summed E-state index contributed by atoms with van der Waals surface area (Å²) < 4.78 is 26.4. The molecule has 0 aromatic carbocycles. The average Bonchev–Trinajstić information content (AvgIpc) is 2.23. The number of hydrogen-bond donors (Lipinski definition) is 2. The van der Waals surface area contributed by atoms with Crippen LogP contribution in [0.3, 0.4) is 0 Å². The van der Waals surface area contributed by atoms with Crippen molar-refractivity contribution in [3.8, 4) is 0 Å². The number of nitrogens with two attached hydrogens (primary N) is 1. The fraction of sp³-hybridized carbons (Fsp3) is 0.600. The Bertz CT molecular complexity index is 413. The van der Waals surface area contributed by atoms with Crippen LogP contribution in [0.15, 0.2) is 6.33 Å². The zero-order valence-electron chi connectivity index (χ0n) is 9.09. The fourth-order valence-corrected chi connectivity index (χ4v) is 2.11. The summed E-state index contributed by atoms with van der Waals surface area (Å²) in [5.41, 5.74) is 5.86. The molecule has 1 aliphatic rings. The number of nitrogen functional groups attached to an aromatic ring is 1. The van der Waals surface area contributed by atoms with Gasteiger partial charge in [0.1, 0.15) is 12.0 Å². The van der Waals surface area contributed by atoms with Crippen molar-refractivity contribution in [3.63, 3.8) is 0 Å². The second-order valence-corrected chi connectivity index (χ2v) is 4.58. The Morgan fingerprint density at radius 1 is 1.47 bits per heavy atom. The molecule has 0 radical (unpaired) electrons. The first-order valence-corrected chi connectivity index (χ1v) is 5.76. The van der Waals surface area contributed by atoms with Gasteiger partial charge in [0.25, 0.3) is 0 Å². The van der Waals surface area contributed by atoms with E-state index in [9.17, 15) is 8.78 Å². The molecule has 17 heavy (non-hydrogen) atoms. The number of alkyl halides is 2. The van der Waals surface area contributed by atoms with E-state index in [4.69, 9.17) is 17.3 Å². The highest BCUT2D eigenvalue weighted by Gasteiger charge is 2.36. The third-order valence-corrected chi connectivity index (χ3v) is 3.12. The number of halogens is 3. The molecule has 3 N–H and O–H groups in total. The molecule has 0 saturated heterocycles. The van der Waals surface area contributed by atoms with Crippen LogP contribution in [-0.4, -0.2) is 21.9 Å². The van der Waals surface area contributed by atoms with Crippen molar-refractivity contribution in [2.75, 3.05) is 11.1 Å². The summed E-state index contributed by atoms with van der Waals surface area (Å²) in [6.45, 7) is 0. The van der Waals surface area contributed by atoms with Crippen LogP contribution in [0.1, 0.15) is 25.7 Å². The Balaban J connectivity index is 2.08. The first-order valence-electron chi connectivity index (χ1n) is 5.38. The van der Waals surface area contributed by atoms with Gasteiger partial charge in [-0.05, 0) is 12.8 Å². The van der Waals surface area contributed by atoms with Gasteiger partial charge in [-0.15, -0.1) is 0 Å². The van der Waals surface area contributed by atoms with Gasteiger partial charge in [0, 0.05) is 18.9 Å². The van der Waals surface area contributed by atoms with Crippen LogP contribution in [0.2, 0.25) is 5.15 Å². The quantitative estimate of drug-likeness (QED) is 0.805. The molecule has 0 unspecified atom stereocenters. The lowest BCUT2D eigenvalue weighted by Gasteiger charge is -2.30. The minimum Gasteiger partial charge on any atom is -0.393 e. The normalized spacial score (nSPS) is 23.4. The highest BCUT2D eigenvalue weighted by atomic mass is 35.5. The molecule has 1 saturated carbocycles. The van der Waals surface area contributed by atoms with Crippen LogP contribution in [0, 0.1) is 0 Å². The van der Waals surface area contributed by atoms with Crippen LogP contribution in [0.4, 0.5) is 20.3 Å². The maximum Gasteiger partial charge on any atom is 0.250 e. The molecule has 1 atom stereocenters. The highest BCUT2D eigenvalue weighted by Crippen LogP contribution is 2.35. The van der Waals surface area contributed by atoms with Gasteiger partial charge in [-0.2, -0.15) is 0 Å². The van der Waals surface area contributed by atoms with Crippen molar-refractivity contribution < 1.29 is 8.78 Å². The van der Waals surface area contributed by atoms with E-state index in [1.807, 2.05) is 0 Å². The molecule has 0 bridgehead atoms. The monoisotopic (exact) mass is 262 g/mol. The Morgan fingerprint density at radius 3 is 2.94 bits per heavy atom. The summed E-state index contributed by atoms with van der Waals surface area (Å²) in [5, 5.41) is 3.03. The summed E-state index contributed by atoms with van der Waals surface area (Å²) in [5.74, 6) is -2.28. The predicted octanol–water partition coefficient (Wildman–Crippen LogP) is 2.70. The van der Waals surface area contributed by atoms with Crippen LogP contribution >= 0.6 is 11.6 Å². The molecule has 2 rings (SSSR count). The second kappa shape index (κ2) is 4.60. The number of anilines is 2. The van der Waals surface area contributed by atoms with Crippen molar-refractivity contribution in [3.05, 3.63) is 11.5 Å². The van der Waals surface area contributed by atoms with Crippen LogP contribution < -0.4 is 11.1 Å². The van der Waals surface area contributed by atoms with Crippen LogP contribution in [-0.2, 0) is 0 Å². The van der Waals surface area contributed by atoms with E-state index in [0.717, 1.165) is 0 Å². The van der Waals surface area contributed by atoms with Crippen molar-refractivity contribution in [2.24, 2.45) is 0 Å². The molecule has 1 aliphatic carbocycles. The number of nitrogens with one attached hydrogen (secondary N) is 1. The Morgan fingerprint density at radius 2 is 2.24 bits per heavy atom. The molecular weight excluding hydrogens is 250 g/mol. The molecule has 1 aromatic rings. The molecule has 94 valence electrons. The van der Waals surface area contributed by atoms with Gasteiger partial charge in [0.2, 0.25) is 5.92 Å². The predicted molar refractivity (Wildman–Crippen MR) is 62.3 cm³/mol. The zero-order chi connectivity index (χ0) is 12.5. The maximum atomic E-state index is 13.2. The molecule has 4 nitrogen and oxygen atoms in total. The van der Waals surface area contributed by atoms with Crippen molar-refractivity contribution in [1.29, 1.82) is 0 Å². The minimum atomic E-state index is -2.61. The van der Waals surface area contributed by atoms with E-state index >= 15 is 0 Å². The fourth-order valence-electron chi connectivity index (χ4n) is 1.98. The Kier molecular flexibility index (Phi) is 3.33. The highest BCUT2D eigenvalue weighted by molar-refractivity contribution is 6.32. The average molecular weight is 263 g/mol. The third kappa shape index (κ3) is 2.94. The van der Waals surface area contributed by atoms with E-state index < -0.39 is 5.92 Å². The lowest BCUT2D eigenvalue weighted by atomic mass is 9.92. The van der Waals surface area contributed by atoms with E-state index in [0.29, 0.717) is 18.7 Å². The summed E-state index contributed by atoms with van der Waals surface area (Å²) in [6, 6.07) is -0.327. The summed E-state index contributed by atoms with van der Waals surface area (Å²) in [6.07, 6.45) is 2.17. The SMILES string of the molecule is Nc1c(Cl)ncnc1N[C@@H]1CCCC(F)(F)C1. The van der Waals surface area contributed by atoms with Gasteiger partial charge in [-0.3, -0.25) is 0 Å². The zero-order valence-corrected chi connectivity index (χ0v) is 9.84. The first-order chi connectivity index (χ1) is 7.98. The third-order valence-electron chi connectivity index (χ3n) is 2.82. The Hall–Kier alpha value is -1.17. The number of nitrogens with zero attached hydrogens (tertiary/aromatic N) is 2. The van der Waals surface area contributed by atoms with Crippen LogP contribution in [0.5, 0.6) is 0 Å². The molecule has 7 heteroatoms. The van der Waals surface area contributed by atoms with E-state index in [2.05, 4.69) is 15.3 Å². The van der Waals surface area contributed by atoms with Gasteiger partial charge in [0.05, 0.1) is 0 Å². The first kappa shape index (κ1) is 12.3. The summed E-state index contributed by atoms with van der Waals surface area (Å²) in [4.78, 5) is 7.61. The molecule has 1 heterocycles. The molecule has 1 aromatic heterocycles. The molecular formula is C10H13ClF2N4. The smallest absolute Gasteiger partial charge is 0.250 e. The minimum absolute atomic E-state index is 0.0504. The summed E-state index contributed by atoms with van der Waals surface area (Å²) >= 11 is 5.72. The van der Waals surface area contributed by atoms with Crippen molar-refractivity contribution in [1.82, 2.24) is 9.97 Å². The van der Waals surface area contributed by atoms with Gasteiger partial charge in [-0.25, -0.2) is 18.7 Å². The van der Waals surface area contributed by atoms with E-state index in [-0.39, 0.29) is 29.7 Å². The number of aromatic nitrogens is 2. The number of hydrogen-bond acceptors (Lipinski definition) is 4. The standard InChI is InChI=1S/C10H13ClF2N4/c11-8-7(14)9(16-5-15-8)17-6-2-1-3-10(12,13)4-6/h5-6H,1-4,14H2,(H,15,16,17)/t6-/m1/s1. The number of rotatable bonds is 2. The lowest BCUT2D eigenvalue weighted by Crippen LogP contribution is -2.34. The van der Waals surface area contributed by atoms with Crippen LogP contribution in [0.25, 0.3) is 0 Å². The van der Waals surface area contributed by atoms with Crippen molar-refractivity contribution in [2.45, 2.75) is 37.6 Å². The molecule has 1 fully saturated rings. The summed E-state index contributed by atoms with van der Waals surface area (Å²) in [7, 11) is 0. The second-order valence-electron chi connectivity index (χ2n) is 4.22. The largest absolute Gasteiger partial charge is 0.393 e. The van der Waals surface area contributed by atoms with Gasteiger partial charge >= 0.3 is 0 Å². The van der Waals surface area contributed by atoms with E-state index in [1.165, 1.54) is 6.33 Å². The topological polar surface area (TPSA) is 63.8 Å². The Labute approximate surface area is 103 Å². The van der Waals surface area contributed by atoms with Crippen molar-refractivity contribution >= 4 is 23.1 Å².